The third-order valence-electron chi connectivity index (χ3n) is 2.42. The van der Waals surface area contributed by atoms with E-state index in [4.69, 9.17) is 10.5 Å². The number of nitrogens with two attached hydrogens (primary N) is 1. The van der Waals surface area contributed by atoms with Crippen molar-refractivity contribution in [2.24, 2.45) is 5.73 Å². The molecule has 84 valence electrons. The summed E-state index contributed by atoms with van der Waals surface area (Å²) >= 11 is 0. The van der Waals surface area contributed by atoms with Gasteiger partial charge in [-0.25, -0.2) is 4.79 Å². The molecule has 0 radical (unpaired) electrons. The first-order chi connectivity index (χ1) is 7.63. The Morgan fingerprint density at radius 3 is 2.88 bits per heavy atom. The summed E-state index contributed by atoms with van der Waals surface area (Å²) in [4.78, 5) is 18.0. The van der Waals surface area contributed by atoms with E-state index >= 15 is 0 Å². The Balaban J connectivity index is 2.88. The Bertz CT molecular complexity index is 575. The van der Waals surface area contributed by atoms with Crippen molar-refractivity contribution in [3.8, 4) is 5.75 Å². The van der Waals surface area contributed by atoms with E-state index in [1.165, 1.54) is 0 Å². The molecule has 0 spiro atoms. The standard InChI is InChI=1S/C11H13N3O2/c1-6(12)9-7-4-3-5-8(16-2)10(7)14-11(15)13-9/h3-6H,12H2,1-2H3,(H,13,14,15). The number of methoxy groups -OCH3 is 1. The van der Waals surface area contributed by atoms with Gasteiger partial charge in [0.15, 0.2) is 0 Å². The van der Waals surface area contributed by atoms with Gasteiger partial charge in [0.05, 0.1) is 7.11 Å². The van der Waals surface area contributed by atoms with E-state index in [0.717, 1.165) is 5.39 Å². The highest BCUT2D eigenvalue weighted by Crippen LogP contribution is 2.25. The van der Waals surface area contributed by atoms with Crippen LogP contribution in [-0.2, 0) is 0 Å². The number of hydrogen-bond acceptors (Lipinski definition) is 4. The molecule has 1 atom stereocenters. The molecule has 0 aliphatic carbocycles. The first-order valence-electron chi connectivity index (χ1n) is 4.96. The molecule has 0 saturated carbocycles. The van der Waals surface area contributed by atoms with E-state index in [0.29, 0.717) is 17.0 Å². The molecule has 5 nitrogen and oxygen atoms in total. The van der Waals surface area contributed by atoms with Crippen LogP contribution >= 0.6 is 0 Å². The zero-order valence-electron chi connectivity index (χ0n) is 9.15. The van der Waals surface area contributed by atoms with E-state index in [1.54, 1.807) is 13.2 Å². The second-order valence-electron chi connectivity index (χ2n) is 3.60. The molecule has 0 aliphatic rings. The van der Waals surface area contributed by atoms with Crippen molar-refractivity contribution in [1.29, 1.82) is 0 Å². The normalized spacial score (nSPS) is 12.7. The summed E-state index contributed by atoms with van der Waals surface area (Å²) in [5.74, 6) is 0.575. The van der Waals surface area contributed by atoms with Crippen LogP contribution in [0.4, 0.5) is 0 Å². The zero-order valence-corrected chi connectivity index (χ0v) is 9.15. The topological polar surface area (TPSA) is 81.0 Å². The van der Waals surface area contributed by atoms with Gasteiger partial charge in [-0.15, -0.1) is 0 Å². The van der Waals surface area contributed by atoms with Gasteiger partial charge in [0.1, 0.15) is 11.3 Å². The van der Waals surface area contributed by atoms with Crippen LogP contribution in [0, 0.1) is 0 Å². The van der Waals surface area contributed by atoms with Gasteiger partial charge in [0.25, 0.3) is 0 Å². The molecule has 0 fully saturated rings. The summed E-state index contributed by atoms with van der Waals surface area (Å²) in [5.41, 5.74) is 6.61. The third-order valence-corrected chi connectivity index (χ3v) is 2.42. The maximum atomic E-state index is 11.4. The Morgan fingerprint density at radius 2 is 2.25 bits per heavy atom. The average Bonchev–Trinajstić information content (AvgIpc) is 2.27. The Labute approximate surface area is 92.3 Å². The van der Waals surface area contributed by atoms with Crippen LogP contribution in [0.15, 0.2) is 23.0 Å². The van der Waals surface area contributed by atoms with Gasteiger partial charge < -0.3 is 15.5 Å². The summed E-state index contributed by atoms with van der Waals surface area (Å²) in [7, 11) is 1.54. The predicted octanol–water partition coefficient (Wildman–Crippen LogP) is 0.951. The molecular weight excluding hydrogens is 206 g/mol. The summed E-state index contributed by atoms with van der Waals surface area (Å²) < 4.78 is 5.16. The summed E-state index contributed by atoms with van der Waals surface area (Å²) in [5, 5.41) is 0.814. The van der Waals surface area contributed by atoms with Crippen LogP contribution < -0.4 is 16.2 Å². The molecular formula is C11H13N3O2. The number of aromatic nitrogens is 2. The highest BCUT2D eigenvalue weighted by Gasteiger charge is 2.11. The summed E-state index contributed by atoms with van der Waals surface area (Å²) in [6.45, 7) is 1.81. The van der Waals surface area contributed by atoms with Crippen LogP contribution in [0.3, 0.4) is 0 Å². The van der Waals surface area contributed by atoms with E-state index in [-0.39, 0.29) is 6.04 Å². The maximum Gasteiger partial charge on any atom is 0.345 e. The Kier molecular flexibility index (Phi) is 2.62. The molecule has 0 saturated heterocycles. The molecule has 0 amide bonds. The van der Waals surface area contributed by atoms with Gasteiger partial charge in [-0.2, -0.15) is 4.98 Å². The molecule has 3 N–H and O–H groups in total. The monoisotopic (exact) mass is 219 g/mol. The molecule has 5 heteroatoms. The highest BCUT2D eigenvalue weighted by molar-refractivity contribution is 5.86. The van der Waals surface area contributed by atoms with Crippen molar-refractivity contribution in [3.63, 3.8) is 0 Å². The van der Waals surface area contributed by atoms with Crippen molar-refractivity contribution in [2.75, 3.05) is 7.11 Å². The largest absolute Gasteiger partial charge is 0.494 e. The van der Waals surface area contributed by atoms with Crippen molar-refractivity contribution in [3.05, 3.63) is 34.4 Å². The van der Waals surface area contributed by atoms with Crippen LogP contribution in [0.25, 0.3) is 10.9 Å². The fourth-order valence-electron chi connectivity index (χ4n) is 1.69. The Morgan fingerprint density at radius 1 is 1.50 bits per heavy atom. The number of para-hydroxylation sites is 1. The fraction of sp³-hybridized carbons (Fsp3) is 0.273. The minimum atomic E-state index is -0.413. The number of rotatable bonds is 2. The van der Waals surface area contributed by atoms with Gasteiger partial charge in [0, 0.05) is 17.1 Å². The average molecular weight is 219 g/mol. The number of hydrogen-bond donors (Lipinski definition) is 2. The lowest BCUT2D eigenvalue weighted by Crippen LogP contribution is -2.18. The second kappa shape index (κ2) is 3.94. The SMILES string of the molecule is COc1cccc2c(C(C)N)[nH]c(=O)nc12. The number of ether oxygens (including phenoxy) is 1. The van der Waals surface area contributed by atoms with Crippen molar-refractivity contribution < 1.29 is 4.74 Å². The number of nitrogens with one attached hydrogen (secondary N) is 1. The molecule has 1 aromatic carbocycles. The first-order valence-corrected chi connectivity index (χ1v) is 4.96. The predicted molar refractivity (Wildman–Crippen MR) is 61.5 cm³/mol. The third kappa shape index (κ3) is 1.65. The van der Waals surface area contributed by atoms with Gasteiger partial charge in [0.2, 0.25) is 0 Å². The smallest absolute Gasteiger partial charge is 0.345 e. The number of benzene rings is 1. The van der Waals surface area contributed by atoms with Crippen molar-refractivity contribution in [1.82, 2.24) is 9.97 Å². The zero-order chi connectivity index (χ0) is 11.7. The Hall–Kier alpha value is -1.88. The maximum absolute atomic E-state index is 11.4. The van der Waals surface area contributed by atoms with Crippen molar-refractivity contribution in [2.45, 2.75) is 13.0 Å². The van der Waals surface area contributed by atoms with E-state index in [1.807, 2.05) is 19.1 Å². The highest BCUT2D eigenvalue weighted by atomic mass is 16.5. The molecule has 2 rings (SSSR count). The molecule has 2 aromatic rings. The molecule has 0 bridgehead atoms. The van der Waals surface area contributed by atoms with Crippen LogP contribution in [0.5, 0.6) is 5.75 Å². The van der Waals surface area contributed by atoms with Crippen LogP contribution in [0.2, 0.25) is 0 Å². The lowest BCUT2D eigenvalue weighted by molar-refractivity contribution is 0.418. The van der Waals surface area contributed by atoms with E-state index in [9.17, 15) is 4.79 Å². The fourth-order valence-corrected chi connectivity index (χ4v) is 1.69. The number of fused-ring (bicyclic) bond motifs is 1. The number of nitrogens with zero attached hydrogens (tertiary/aromatic N) is 1. The van der Waals surface area contributed by atoms with Crippen molar-refractivity contribution >= 4 is 10.9 Å². The molecule has 16 heavy (non-hydrogen) atoms. The number of aromatic amines is 1. The second-order valence-corrected chi connectivity index (χ2v) is 3.60. The van der Waals surface area contributed by atoms with Gasteiger partial charge in [-0.3, -0.25) is 0 Å². The number of H-pyrrole nitrogens is 1. The quantitative estimate of drug-likeness (QED) is 0.788. The lowest BCUT2D eigenvalue weighted by Gasteiger charge is -2.10. The minimum Gasteiger partial charge on any atom is -0.494 e. The van der Waals surface area contributed by atoms with E-state index < -0.39 is 5.69 Å². The van der Waals surface area contributed by atoms with Crippen LogP contribution in [0.1, 0.15) is 18.7 Å². The summed E-state index contributed by atoms with van der Waals surface area (Å²) in [6, 6.07) is 5.21. The van der Waals surface area contributed by atoms with Gasteiger partial charge >= 0.3 is 5.69 Å². The van der Waals surface area contributed by atoms with Gasteiger partial charge in [-0.1, -0.05) is 12.1 Å². The van der Waals surface area contributed by atoms with E-state index in [2.05, 4.69) is 9.97 Å². The molecule has 1 heterocycles. The lowest BCUT2D eigenvalue weighted by atomic mass is 10.1. The minimum absolute atomic E-state index is 0.259. The summed E-state index contributed by atoms with van der Waals surface area (Å²) in [6.07, 6.45) is 0. The molecule has 1 unspecified atom stereocenters. The first kappa shape index (κ1) is 10.6. The molecule has 0 aliphatic heterocycles. The van der Waals surface area contributed by atoms with Crippen LogP contribution in [-0.4, -0.2) is 17.1 Å². The molecule has 1 aromatic heterocycles. The van der Waals surface area contributed by atoms with Gasteiger partial charge in [-0.05, 0) is 13.0 Å².